The van der Waals surface area contributed by atoms with Crippen LogP contribution in [0, 0.1) is 6.92 Å². The number of aromatic nitrogens is 2. The highest BCUT2D eigenvalue weighted by atomic mass is 32.1. The molecular weight excluding hydrogens is 256 g/mol. The lowest BCUT2D eigenvalue weighted by atomic mass is 10.1. The fraction of sp³-hybridized carbons (Fsp3) is 0.133. The van der Waals surface area contributed by atoms with Gasteiger partial charge in [-0.3, -0.25) is 9.78 Å². The van der Waals surface area contributed by atoms with Crippen molar-refractivity contribution < 1.29 is 4.79 Å². The molecule has 0 fully saturated rings. The molecule has 0 saturated heterocycles. The Hall–Kier alpha value is -2.07. The van der Waals surface area contributed by atoms with Crippen LogP contribution in [0.25, 0.3) is 10.2 Å². The number of carbonyl (C=O) groups excluding carboxylic acids is 1. The molecule has 2 aromatic heterocycles. The quantitative estimate of drug-likeness (QED) is 0.683. The SMILES string of the molecule is Cc1cccnc1C(=O)Cc1nc2ccccc2s1. The van der Waals surface area contributed by atoms with Crippen LogP contribution in [0.5, 0.6) is 0 Å². The molecule has 0 atom stereocenters. The molecule has 3 nitrogen and oxygen atoms in total. The van der Waals surface area contributed by atoms with Crippen molar-refractivity contribution in [1.29, 1.82) is 0 Å². The van der Waals surface area contributed by atoms with E-state index in [9.17, 15) is 4.79 Å². The maximum Gasteiger partial charge on any atom is 0.188 e. The van der Waals surface area contributed by atoms with Crippen LogP contribution in [0.2, 0.25) is 0 Å². The highest BCUT2D eigenvalue weighted by Crippen LogP contribution is 2.22. The molecule has 0 spiro atoms. The summed E-state index contributed by atoms with van der Waals surface area (Å²) >= 11 is 1.57. The number of aryl methyl sites for hydroxylation is 1. The Labute approximate surface area is 115 Å². The van der Waals surface area contributed by atoms with Gasteiger partial charge in [0.15, 0.2) is 5.78 Å². The number of benzene rings is 1. The summed E-state index contributed by atoms with van der Waals surface area (Å²) in [6.07, 6.45) is 1.97. The summed E-state index contributed by atoms with van der Waals surface area (Å²) in [5.41, 5.74) is 2.41. The van der Waals surface area contributed by atoms with E-state index >= 15 is 0 Å². The maximum atomic E-state index is 12.2. The number of hydrogen-bond acceptors (Lipinski definition) is 4. The molecule has 94 valence electrons. The molecule has 0 N–H and O–H groups in total. The minimum atomic E-state index is 0.0251. The van der Waals surface area contributed by atoms with Crippen LogP contribution < -0.4 is 0 Å². The third-order valence-corrected chi connectivity index (χ3v) is 3.96. The Morgan fingerprint density at radius 2 is 2.05 bits per heavy atom. The zero-order valence-corrected chi connectivity index (χ0v) is 11.3. The van der Waals surface area contributed by atoms with Gasteiger partial charge in [0.1, 0.15) is 10.7 Å². The fourth-order valence-electron chi connectivity index (χ4n) is 1.99. The van der Waals surface area contributed by atoms with Crippen molar-refractivity contribution in [3.05, 3.63) is 58.9 Å². The van der Waals surface area contributed by atoms with Gasteiger partial charge in [0, 0.05) is 6.20 Å². The normalized spacial score (nSPS) is 10.8. The number of hydrogen-bond donors (Lipinski definition) is 0. The molecule has 1 aromatic carbocycles. The van der Waals surface area contributed by atoms with Crippen molar-refractivity contribution in [2.45, 2.75) is 13.3 Å². The van der Waals surface area contributed by atoms with Crippen LogP contribution in [0.15, 0.2) is 42.6 Å². The van der Waals surface area contributed by atoms with Gasteiger partial charge in [-0.25, -0.2) is 4.98 Å². The molecule has 4 heteroatoms. The molecule has 19 heavy (non-hydrogen) atoms. The van der Waals surface area contributed by atoms with Crippen molar-refractivity contribution in [1.82, 2.24) is 9.97 Å². The molecule has 0 saturated carbocycles. The van der Waals surface area contributed by atoms with E-state index < -0.39 is 0 Å². The molecule has 0 aliphatic heterocycles. The van der Waals surface area contributed by atoms with Crippen molar-refractivity contribution in [2.75, 3.05) is 0 Å². The number of para-hydroxylation sites is 1. The van der Waals surface area contributed by atoms with Gasteiger partial charge < -0.3 is 0 Å². The Morgan fingerprint density at radius 1 is 1.21 bits per heavy atom. The van der Waals surface area contributed by atoms with E-state index in [1.165, 1.54) is 0 Å². The summed E-state index contributed by atoms with van der Waals surface area (Å²) in [5.74, 6) is 0.0251. The third-order valence-electron chi connectivity index (χ3n) is 2.92. The molecule has 0 amide bonds. The predicted octanol–water partition coefficient (Wildman–Crippen LogP) is 3.43. The topological polar surface area (TPSA) is 42.9 Å². The van der Waals surface area contributed by atoms with Crippen molar-refractivity contribution in [3.63, 3.8) is 0 Å². The average molecular weight is 268 g/mol. The van der Waals surface area contributed by atoms with Gasteiger partial charge in [-0.05, 0) is 30.7 Å². The number of fused-ring (bicyclic) bond motifs is 1. The first-order valence-electron chi connectivity index (χ1n) is 6.03. The largest absolute Gasteiger partial charge is 0.292 e. The summed E-state index contributed by atoms with van der Waals surface area (Å²) in [6, 6.07) is 11.7. The Morgan fingerprint density at radius 3 is 2.84 bits per heavy atom. The van der Waals surface area contributed by atoms with E-state index in [-0.39, 0.29) is 5.78 Å². The molecular formula is C15H12N2OS. The molecule has 0 unspecified atom stereocenters. The first kappa shape index (κ1) is 12.0. The van der Waals surface area contributed by atoms with E-state index in [2.05, 4.69) is 9.97 Å². The minimum Gasteiger partial charge on any atom is -0.292 e. The average Bonchev–Trinajstić information content (AvgIpc) is 2.81. The third kappa shape index (κ3) is 2.39. The molecule has 0 aliphatic carbocycles. The lowest BCUT2D eigenvalue weighted by molar-refractivity contribution is 0.0987. The van der Waals surface area contributed by atoms with E-state index in [4.69, 9.17) is 0 Å². The first-order valence-corrected chi connectivity index (χ1v) is 6.85. The van der Waals surface area contributed by atoms with Gasteiger partial charge in [-0.15, -0.1) is 11.3 Å². The van der Waals surface area contributed by atoms with Gasteiger partial charge in [0.2, 0.25) is 0 Å². The van der Waals surface area contributed by atoms with Gasteiger partial charge in [-0.2, -0.15) is 0 Å². The van der Waals surface area contributed by atoms with Crippen LogP contribution in [0.1, 0.15) is 21.1 Å². The Balaban J connectivity index is 1.89. The lowest BCUT2D eigenvalue weighted by Crippen LogP contribution is -2.07. The number of thiazole rings is 1. The molecule has 0 radical (unpaired) electrons. The number of ketones is 1. The second-order valence-electron chi connectivity index (χ2n) is 4.34. The van der Waals surface area contributed by atoms with Crippen LogP contribution in [0.4, 0.5) is 0 Å². The summed E-state index contributed by atoms with van der Waals surface area (Å²) < 4.78 is 1.11. The number of rotatable bonds is 3. The Bertz CT molecular complexity index is 715. The minimum absolute atomic E-state index is 0.0251. The van der Waals surface area contributed by atoms with Crippen LogP contribution in [0.3, 0.4) is 0 Å². The lowest BCUT2D eigenvalue weighted by Gasteiger charge is -2.01. The summed E-state index contributed by atoms with van der Waals surface area (Å²) in [7, 11) is 0. The number of Topliss-reactive ketones (excluding diaryl/α,β-unsaturated/α-hetero) is 1. The zero-order chi connectivity index (χ0) is 13.2. The summed E-state index contributed by atoms with van der Waals surface area (Å²) in [5, 5.41) is 0.844. The highest BCUT2D eigenvalue weighted by Gasteiger charge is 2.13. The Kier molecular flexibility index (Phi) is 3.09. The zero-order valence-electron chi connectivity index (χ0n) is 10.5. The van der Waals surface area contributed by atoms with Crippen LogP contribution >= 0.6 is 11.3 Å². The van der Waals surface area contributed by atoms with Gasteiger partial charge >= 0.3 is 0 Å². The van der Waals surface area contributed by atoms with E-state index in [0.717, 1.165) is 20.8 Å². The number of pyridine rings is 1. The summed E-state index contributed by atoms with van der Waals surface area (Å²) in [4.78, 5) is 20.8. The van der Waals surface area contributed by atoms with Gasteiger partial charge in [0.25, 0.3) is 0 Å². The molecule has 2 heterocycles. The second kappa shape index (κ2) is 4.90. The first-order chi connectivity index (χ1) is 9.24. The predicted molar refractivity (Wildman–Crippen MR) is 76.6 cm³/mol. The van der Waals surface area contributed by atoms with E-state index in [1.54, 1.807) is 17.5 Å². The van der Waals surface area contributed by atoms with E-state index in [0.29, 0.717) is 12.1 Å². The van der Waals surface area contributed by atoms with E-state index in [1.807, 2.05) is 43.3 Å². The van der Waals surface area contributed by atoms with Crippen molar-refractivity contribution in [2.24, 2.45) is 0 Å². The number of carbonyl (C=O) groups is 1. The highest BCUT2D eigenvalue weighted by molar-refractivity contribution is 7.18. The summed E-state index contributed by atoms with van der Waals surface area (Å²) in [6.45, 7) is 1.90. The smallest absolute Gasteiger partial charge is 0.188 e. The molecule has 3 rings (SSSR count). The van der Waals surface area contributed by atoms with Gasteiger partial charge in [-0.1, -0.05) is 18.2 Å². The second-order valence-corrected chi connectivity index (χ2v) is 5.46. The molecule has 0 bridgehead atoms. The molecule has 3 aromatic rings. The van der Waals surface area contributed by atoms with Crippen LogP contribution in [-0.2, 0) is 6.42 Å². The standard InChI is InChI=1S/C15H12N2OS/c1-10-5-4-8-16-15(10)12(18)9-14-17-11-6-2-3-7-13(11)19-14/h2-8H,9H2,1H3. The number of nitrogens with zero attached hydrogens (tertiary/aromatic N) is 2. The van der Waals surface area contributed by atoms with Crippen LogP contribution in [-0.4, -0.2) is 15.8 Å². The molecule has 0 aliphatic rings. The monoisotopic (exact) mass is 268 g/mol. The fourth-order valence-corrected chi connectivity index (χ4v) is 2.96. The van der Waals surface area contributed by atoms with Crippen molar-refractivity contribution >= 4 is 27.3 Å². The van der Waals surface area contributed by atoms with Gasteiger partial charge in [0.05, 0.1) is 16.6 Å². The van der Waals surface area contributed by atoms with Crippen molar-refractivity contribution in [3.8, 4) is 0 Å². The maximum absolute atomic E-state index is 12.2.